The maximum atomic E-state index is 13.6. The standard InChI is InChI=1S/C30H32F3NO5S/c1-17-11-19-13-28(2,16-29(38,12-17)14-19)25(27(36)37)34-26(35)22-7-8-23-21(9-10-40-23)24(22)39-15-18-3-5-20(6-4-18)30(31,32)33/h3-10,17,19,25,38H,11-16H2,1-2H3,(H,34,35)(H,36,37)/t17?,19?,25-,28?,29?/m1/s1. The van der Waals surface area contributed by atoms with Gasteiger partial charge in [-0.05, 0) is 85.2 Å². The van der Waals surface area contributed by atoms with Gasteiger partial charge in [0.25, 0.3) is 5.91 Å². The van der Waals surface area contributed by atoms with E-state index in [2.05, 4.69) is 12.2 Å². The summed E-state index contributed by atoms with van der Waals surface area (Å²) in [6.45, 7) is 3.84. The number of aliphatic hydroxyl groups is 1. The van der Waals surface area contributed by atoms with Crippen LogP contribution in [0.5, 0.6) is 5.75 Å². The molecule has 2 bridgehead atoms. The van der Waals surface area contributed by atoms with Crippen molar-refractivity contribution in [3.8, 4) is 5.75 Å². The molecule has 2 aliphatic carbocycles. The second-order valence-corrected chi connectivity index (χ2v) is 12.8. The number of hydrogen-bond acceptors (Lipinski definition) is 5. The Bertz CT molecular complexity index is 1420. The van der Waals surface area contributed by atoms with Gasteiger partial charge in [0.2, 0.25) is 0 Å². The van der Waals surface area contributed by atoms with Crippen LogP contribution in [0.1, 0.15) is 67.4 Å². The zero-order chi connectivity index (χ0) is 28.9. The van der Waals surface area contributed by atoms with E-state index in [4.69, 9.17) is 4.74 Å². The summed E-state index contributed by atoms with van der Waals surface area (Å²) >= 11 is 1.44. The molecule has 0 spiro atoms. The Morgan fingerprint density at radius 2 is 1.85 bits per heavy atom. The summed E-state index contributed by atoms with van der Waals surface area (Å²) in [6, 6.07) is 8.48. The minimum atomic E-state index is -4.45. The number of aliphatic carboxylic acids is 1. The molecule has 5 rings (SSSR count). The normalized spacial score (nSPS) is 27.2. The number of hydrogen-bond donors (Lipinski definition) is 3. The molecule has 10 heteroatoms. The van der Waals surface area contributed by atoms with Crippen LogP contribution in [0.3, 0.4) is 0 Å². The summed E-state index contributed by atoms with van der Waals surface area (Å²) in [5.41, 5.74) is -1.96. The molecule has 1 heterocycles. The van der Waals surface area contributed by atoms with Crippen molar-refractivity contribution in [3.05, 3.63) is 64.5 Å². The van der Waals surface area contributed by atoms with Crippen LogP contribution >= 0.6 is 11.3 Å². The molecule has 2 aliphatic rings. The molecule has 0 saturated heterocycles. The zero-order valence-electron chi connectivity index (χ0n) is 22.3. The summed E-state index contributed by atoms with van der Waals surface area (Å²) in [5.74, 6) is -1.03. The number of thiophene rings is 1. The predicted octanol–water partition coefficient (Wildman–Crippen LogP) is 6.65. The number of amides is 1. The van der Waals surface area contributed by atoms with Crippen molar-refractivity contribution in [2.45, 2.75) is 70.4 Å². The van der Waals surface area contributed by atoms with Gasteiger partial charge in [-0.25, -0.2) is 4.79 Å². The first-order valence-corrected chi connectivity index (χ1v) is 14.2. The van der Waals surface area contributed by atoms with Crippen LogP contribution in [-0.4, -0.2) is 33.7 Å². The molecule has 4 unspecified atom stereocenters. The molecule has 2 aromatic carbocycles. The number of carboxylic acid groups (broad SMARTS) is 1. The third-order valence-corrected chi connectivity index (χ3v) is 9.22. The monoisotopic (exact) mass is 575 g/mol. The number of carbonyl (C=O) groups is 2. The highest BCUT2D eigenvalue weighted by atomic mass is 32.1. The Labute approximate surface area is 234 Å². The lowest BCUT2D eigenvalue weighted by atomic mass is 9.55. The average Bonchev–Trinajstić information content (AvgIpc) is 3.32. The molecular weight excluding hydrogens is 543 g/mol. The number of alkyl halides is 3. The highest BCUT2D eigenvalue weighted by Gasteiger charge is 2.53. The van der Waals surface area contributed by atoms with Crippen LogP contribution in [0.4, 0.5) is 13.2 Å². The fraction of sp³-hybridized carbons (Fsp3) is 0.467. The molecule has 0 aliphatic heterocycles. The van der Waals surface area contributed by atoms with Crippen molar-refractivity contribution >= 4 is 33.3 Å². The minimum absolute atomic E-state index is 0.0830. The quantitative estimate of drug-likeness (QED) is 0.293. The van der Waals surface area contributed by atoms with Gasteiger partial charge < -0.3 is 20.3 Å². The molecule has 6 nitrogen and oxygen atoms in total. The number of rotatable bonds is 7. The largest absolute Gasteiger partial charge is 0.487 e. The first-order valence-electron chi connectivity index (χ1n) is 13.3. The summed E-state index contributed by atoms with van der Waals surface area (Å²) in [7, 11) is 0. The highest BCUT2D eigenvalue weighted by molar-refractivity contribution is 7.17. The first kappa shape index (κ1) is 28.4. The molecule has 1 amide bonds. The number of halogens is 3. The predicted molar refractivity (Wildman–Crippen MR) is 145 cm³/mol. The van der Waals surface area contributed by atoms with Crippen LogP contribution in [0.2, 0.25) is 0 Å². The lowest BCUT2D eigenvalue weighted by Gasteiger charge is -2.53. The fourth-order valence-corrected chi connectivity index (χ4v) is 7.83. The number of fused-ring (bicyclic) bond motifs is 3. The molecule has 214 valence electrons. The number of nitrogens with one attached hydrogen (secondary N) is 1. The summed E-state index contributed by atoms with van der Waals surface area (Å²) in [5, 5.41) is 26.7. The van der Waals surface area contributed by atoms with E-state index < -0.39 is 40.7 Å². The van der Waals surface area contributed by atoms with E-state index in [0.717, 1.165) is 23.3 Å². The van der Waals surface area contributed by atoms with Crippen LogP contribution in [-0.2, 0) is 17.6 Å². The Hall–Kier alpha value is -3.11. The summed E-state index contributed by atoms with van der Waals surface area (Å²) in [4.78, 5) is 26.2. The zero-order valence-corrected chi connectivity index (χ0v) is 23.1. The Kier molecular flexibility index (Phi) is 7.37. The lowest BCUT2D eigenvalue weighted by molar-refractivity contribution is -0.152. The Balaban J connectivity index is 1.40. The van der Waals surface area contributed by atoms with E-state index in [0.29, 0.717) is 36.1 Å². The molecule has 3 N–H and O–H groups in total. The topological polar surface area (TPSA) is 95.9 Å². The van der Waals surface area contributed by atoms with Gasteiger partial charge in [-0.3, -0.25) is 4.79 Å². The van der Waals surface area contributed by atoms with Gasteiger partial charge in [0.15, 0.2) is 0 Å². The number of benzene rings is 2. The number of ether oxygens (including phenoxy) is 1. The molecule has 3 aromatic rings. The minimum Gasteiger partial charge on any atom is -0.487 e. The first-order chi connectivity index (χ1) is 18.8. The Morgan fingerprint density at radius 3 is 2.50 bits per heavy atom. The van der Waals surface area contributed by atoms with Crippen molar-refractivity contribution in [1.29, 1.82) is 0 Å². The van der Waals surface area contributed by atoms with Crippen molar-refractivity contribution in [1.82, 2.24) is 5.32 Å². The van der Waals surface area contributed by atoms with E-state index >= 15 is 0 Å². The van der Waals surface area contributed by atoms with Crippen LogP contribution in [0, 0.1) is 17.3 Å². The van der Waals surface area contributed by atoms with Gasteiger partial charge in [0, 0.05) is 15.5 Å². The Morgan fingerprint density at radius 1 is 1.12 bits per heavy atom. The van der Waals surface area contributed by atoms with Gasteiger partial charge >= 0.3 is 12.1 Å². The van der Waals surface area contributed by atoms with Gasteiger partial charge in [-0.1, -0.05) is 26.0 Å². The van der Waals surface area contributed by atoms with Gasteiger partial charge in [0.1, 0.15) is 18.4 Å². The van der Waals surface area contributed by atoms with E-state index in [-0.39, 0.29) is 30.3 Å². The second-order valence-electron chi connectivity index (χ2n) is 11.9. The van der Waals surface area contributed by atoms with Crippen LogP contribution in [0.25, 0.3) is 10.1 Å². The number of carboxylic acids is 1. The fourth-order valence-electron chi connectivity index (χ4n) is 7.05. The molecule has 1 aromatic heterocycles. The van der Waals surface area contributed by atoms with Gasteiger partial charge in [0.05, 0.1) is 16.7 Å². The second kappa shape index (κ2) is 10.4. The molecular formula is C30H32F3NO5S. The smallest absolute Gasteiger partial charge is 0.416 e. The van der Waals surface area contributed by atoms with Crippen molar-refractivity contribution in [2.24, 2.45) is 17.3 Å². The SMILES string of the molecule is CC1CC2CC(O)(C1)CC(C)([C@H](NC(=O)c1ccc3sccc3c1OCc1ccc(C(F)(F)F)cc1)C(=O)O)C2. The van der Waals surface area contributed by atoms with Crippen molar-refractivity contribution in [3.63, 3.8) is 0 Å². The van der Waals surface area contributed by atoms with Gasteiger partial charge in [-0.15, -0.1) is 11.3 Å². The van der Waals surface area contributed by atoms with E-state index in [1.807, 2.05) is 12.3 Å². The maximum Gasteiger partial charge on any atom is 0.416 e. The molecule has 2 fully saturated rings. The average molecular weight is 576 g/mol. The summed E-state index contributed by atoms with van der Waals surface area (Å²) in [6.07, 6.45) is -1.43. The molecule has 0 radical (unpaired) electrons. The van der Waals surface area contributed by atoms with Crippen molar-refractivity contribution in [2.75, 3.05) is 0 Å². The van der Waals surface area contributed by atoms with E-state index in [1.165, 1.54) is 23.5 Å². The van der Waals surface area contributed by atoms with Crippen LogP contribution in [0.15, 0.2) is 47.8 Å². The van der Waals surface area contributed by atoms with Crippen LogP contribution < -0.4 is 10.1 Å². The van der Waals surface area contributed by atoms with E-state index in [9.17, 15) is 33.0 Å². The summed E-state index contributed by atoms with van der Waals surface area (Å²) < 4.78 is 45.7. The lowest BCUT2D eigenvalue weighted by Crippen LogP contribution is -2.58. The molecule has 5 atom stereocenters. The maximum absolute atomic E-state index is 13.6. The van der Waals surface area contributed by atoms with Crippen molar-refractivity contribution < 1.29 is 37.7 Å². The van der Waals surface area contributed by atoms with E-state index in [1.54, 1.807) is 18.2 Å². The highest BCUT2D eigenvalue weighted by Crippen LogP contribution is 2.53. The molecule has 2 saturated carbocycles. The third-order valence-electron chi connectivity index (χ3n) is 8.33. The third kappa shape index (κ3) is 5.69. The van der Waals surface area contributed by atoms with Gasteiger partial charge in [-0.2, -0.15) is 13.2 Å². The molecule has 40 heavy (non-hydrogen) atoms. The number of carbonyl (C=O) groups excluding carboxylic acids is 1.